The second-order valence-electron chi connectivity index (χ2n) is 4.49. The van der Waals surface area contributed by atoms with Gasteiger partial charge in [0.15, 0.2) is 5.84 Å². The van der Waals surface area contributed by atoms with Crippen molar-refractivity contribution >= 4 is 11.9 Å². The first-order chi connectivity index (χ1) is 6.37. The van der Waals surface area contributed by atoms with Gasteiger partial charge in [-0.05, 0) is 27.7 Å². The molecule has 1 unspecified atom stereocenters. The second-order valence-corrected chi connectivity index (χ2v) is 4.49. The van der Waals surface area contributed by atoms with Crippen molar-refractivity contribution in [2.24, 2.45) is 5.16 Å². The smallest absolute Gasteiger partial charge is 0.320 e. The van der Waals surface area contributed by atoms with Crippen LogP contribution >= 0.6 is 0 Å². The summed E-state index contributed by atoms with van der Waals surface area (Å²) in [7, 11) is 0. The first-order valence-electron chi connectivity index (χ1n) is 4.69. The summed E-state index contributed by atoms with van der Waals surface area (Å²) in [5, 5.41) is 9.15. The molecule has 0 saturated carbocycles. The number of oxime groups is 1. The lowest BCUT2D eigenvalue weighted by Crippen LogP contribution is -2.48. The van der Waals surface area contributed by atoms with Gasteiger partial charge in [0.2, 0.25) is 0 Å². The maximum Gasteiger partial charge on any atom is 0.320 e. The highest BCUT2D eigenvalue weighted by atomic mass is 16.6. The number of nitrogens with zero attached hydrogens (tertiary/aromatic N) is 1. The number of hydrogen-bond donors (Lipinski definition) is 2. The number of amides is 2. The Morgan fingerprint density at radius 1 is 1.57 bits per heavy atom. The van der Waals surface area contributed by atoms with Gasteiger partial charge in [0.25, 0.3) is 0 Å². The Labute approximate surface area is 83.9 Å². The molecular weight excluding hydrogens is 182 g/mol. The first-order valence-corrected chi connectivity index (χ1v) is 4.69. The third-order valence-electron chi connectivity index (χ3n) is 1.57. The lowest BCUT2D eigenvalue weighted by molar-refractivity contribution is 0.0994. The van der Waals surface area contributed by atoms with E-state index in [2.05, 4.69) is 15.8 Å². The van der Waals surface area contributed by atoms with Gasteiger partial charge in [-0.15, -0.1) is 0 Å². The standard InChI is InChI=1S/C9H17N3O2/c1-6-5-7(12-14-6)10-8(13)11-9(2,3)4/h6H,5H2,1-4H3,(H2,10,11,12,13). The van der Waals surface area contributed by atoms with Gasteiger partial charge in [0.1, 0.15) is 6.10 Å². The SMILES string of the molecule is CC1CC(NC(=O)NC(C)(C)C)=NO1. The van der Waals surface area contributed by atoms with E-state index in [1.807, 2.05) is 27.7 Å². The minimum absolute atomic E-state index is 0.0555. The van der Waals surface area contributed by atoms with Crippen molar-refractivity contribution in [2.75, 3.05) is 0 Å². The Kier molecular flexibility index (Phi) is 2.98. The molecule has 0 aromatic rings. The van der Waals surface area contributed by atoms with E-state index in [1.54, 1.807) is 0 Å². The number of nitrogens with one attached hydrogen (secondary N) is 2. The number of hydrogen-bond acceptors (Lipinski definition) is 3. The maximum atomic E-state index is 11.4. The zero-order valence-electron chi connectivity index (χ0n) is 9.05. The van der Waals surface area contributed by atoms with Crippen molar-refractivity contribution in [1.82, 2.24) is 10.6 Å². The number of amidine groups is 1. The molecule has 0 spiro atoms. The van der Waals surface area contributed by atoms with E-state index in [0.717, 1.165) is 0 Å². The van der Waals surface area contributed by atoms with Crippen molar-refractivity contribution in [3.63, 3.8) is 0 Å². The Morgan fingerprint density at radius 3 is 2.64 bits per heavy atom. The molecule has 0 bridgehead atoms. The molecule has 1 heterocycles. The van der Waals surface area contributed by atoms with Crippen LogP contribution in [0.25, 0.3) is 0 Å². The Morgan fingerprint density at radius 2 is 2.21 bits per heavy atom. The van der Waals surface area contributed by atoms with Crippen molar-refractivity contribution in [3.05, 3.63) is 0 Å². The molecule has 2 N–H and O–H groups in total. The molecular formula is C9H17N3O2. The van der Waals surface area contributed by atoms with E-state index >= 15 is 0 Å². The number of rotatable bonds is 0. The number of carbonyl (C=O) groups excluding carboxylic acids is 1. The Hall–Kier alpha value is -1.26. The normalized spacial score (nSPS) is 21.1. The van der Waals surface area contributed by atoms with Gasteiger partial charge in [-0.1, -0.05) is 5.16 Å². The summed E-state index contributed by atoms with van der Waals surface area (Å²) in [6, 6.07) is -0.242. The van der Waals surface area contributed by atoms with Crippen LogP contribution in [-0.4, -0.2) is 23.5 Å². The van der Waals surface area contributed by atoms with E-state index in [-0.39, 0.29) is 17.7 Å². The molecule has 80 valence electrons. The molecule has 1 atom stereocenters. The summed E-state index contributed by atoms with van der Waals surface area (Å²) in [5.41, 5.74) is -0.240. The van der Waals surface area contributed by atoms with E-state index in [9.17, 15) is 4.79 Å². The largest absolute Gasteiger partial charge is 0.391 e. The molecule has 0 aliphatic carbocycles. The minimum atomic E-state index is -0.242. The zero-order chi connectivity index (χ0) is 10.8. The number of carbonyl (C=O) groups is 1. The third kappa shape index (κ3) is 3.64. The molecule has 1 aliphatic heterocycles. The van der Waals surface area contributed by atoms with E-state index in [0.29, 0.717) is 12.3 Å². The molecule has 0 saturated heterocycles. The molecule has 0 aromatic heterocycles. The van der Waals surface area contributed by atoms with Gasteiger partial charge < -0.3 is 10.2 Å². The van der Waals surface area contributed by atoms with Crippen LogP contribution in [0.5, 0.6) is 0 Å². The molecule has 1 aliphatic rings. The lowest BCUT2D eigenvalue weighted by atomic mass is 10.1. The van der Waals surface area contributed by atoms with Crippen LogP contribution in [0.3, 0.4) is 0 Å². The summed E-state index contributed by atoms with van der Waals surface area (Å²) < 4.78 is 0. The molecule has 2 amide bonds. The van der Waals surface area contributed by atoms with Crippen LogP contribution in [0.4, 0.5) is 4.79 Å². The van der Waals surface area contributed by atoms with E-state index in [4.69, 9.17) is 4.84 Å². The van der Waals surface area contributed by atoms with Gasteiger partial charge in [-0.25, -0.2) is 4.79 Å². The monoisotopic (exact) mass is 199 g/mol. The van der Waals surface area contributed by atoms with Crippen molar-refractivity contribution in [2.45, 2.75) is 45.8 Å². The Balaban J connectivity index is 2.35. The molecule has 14 heavy (non-hydrogen) atoms. The average Bonchev–Trinajstić information content (AvgIpc) is 2.30. The maximum absolute atomic E-state index is 11.4. The van der Waals surface area contributed by atoms with Crippen LogP contribution in [0.15, 0.2) is 5.16 Å². The van der Waals surface area contributed by atoms with Crippen LogP contribution in [0, 0.1) is 0 Å². The quantitative estimate of drug-likeness (QED) is 0.616. The van der Waals surface area contributed by atoms with Gasteiger partial charge in [0, 0.05) is 12.0 Å². The Bertz CT molecular complexity index is 255. The molecule has 5 nitrogen and oxygen atoms in total. The lowest BCUT2D eigenvalue weighted by Gasteiger charge is -2.20. The molecule has 0 radical (unpaired) electrons. The number of urea groups is 1. The molecule has 5 heteroatoms. The van der Waals surface area contributed by atoms with Crippen LogP contribution in [0.2, 0.25) is 0 Å². The fraction of sp³-hybridized carbons (Fsp3) is 0.778. The molecule has 0 aromatic carbocycles. The topological polar surface area (TPSA) is 62.7 Å². The summed E-state index contributed by atoms with van der Waals surface area (Å²) >= 11 is 0. The first kappa shape index (κ1) is 10.8. The third-order valence-corrected chi connectivity index (χ3v) is 1.57. The van der Waals surface area contributed by atoms with Crippen molar-refractivity contribution in [3.8, 4) is 0 Å². The average molecular weight is 199 g/mol. The second kappa shape index (κ2) is 3.86. The van der Waals surface area contributed by atoms with Gasteiger partial charge in [-0.3, -0.25) is 5.32 Å². The minimum Gasteiger partial charge on any atom is -0.391 e. The van der Waals surface area contributed by atoms with Gasteiger partial charge in [0.05, 0.1) is 0 Å². The molecule has 1 rings (SSSR count). The predicted octanol–water partition coefficient (Wildman–Crippen LogP) is 1.21. The van der Waals surface area contributed by atoms with E-state index in [1.165, 1.54) is 0 Å². The predicted molar refractivity (Wildman–Crippen MR) is 54.0 cm³/mol. The molecule has 0 fully saturated rings. The van der Waals surface area contributed by atoms with Gasteiger partial charge >= 0.3 is 6.03 Å². The highest BCUT2D eigenvalue weighted by Crippen LogP contribution is 2.07. The van der Waals surface area contributed by atoms with Crippen molar-refractivity contribution < 1.29 is 9.63 Å². The summed E-state index contributed by atoms with van der Waals surface area (Å²) in [5.74, 6) is 0.583. The van der Waals surface area contributed by atoms with Crippen LogP contribution < -0.4 is 10.6 Å². The summed E-state index contributed by atoms with van der Waals surface area (Å²) in [6.45, 7) is 7.66. The fourth-order valence-corrected chi connectivity index (χ4v) is 1.08. The summed E-state index contributed by atoms with van der Waals surface area (Å²) in [6.07, 6.45) is 0.706. The summed E-state index contributed by atoms with van der Waals surface area (Å²) in [4.78, 5) is 16.3. The highest BCUT2D eigenvalue weighted by molar-refractivity contribution is 5.98. The van der Waals surface area contributed by atoms with E-state index < -0.39 is 0 Å². The highest BCUT2D eigenvalue weighted by Gasteiger charge is 2.20. The fourth-order valence-electron chi connectivity index (χ4n) is 1.08. The van der Waals surface area contributed by atoms with Gasteiger partial charge in [-0.2, -0.15) is 0 Å². The van der Waals surface area contributed by atoms with Crippen LogP contribution in [-0.2, 0) is 4.84 Å². The van der Waals surface area contributed by atoms with Crippen molar-refractivity contribution in [1.29, 1.82) is 0 Å². The van der Waals surface area contributed by atoms with Crippen LogP contribution in [0.1, 0.15) is 34.1 Å². The zero-order valence-corrected chi connectivity index (χ0v) is 9.05.